The molecule has 8 nitrogen and oxygen atoms in total. The fraction of sp³-hybridized carbons (Fsp3) is 0.0714. The minimum Gasteiger partial charge on any atom is -0.478 e. The zero-order chi connectivity index (χ0) is 16.6. The maximum absolute atomic E-state index is 12.5. The average Bonchev–Trinajstić information content (AvgIpc) is 2.96. The van der Waals surface area contributed by atoms with Crippen molar-refractivity contribution in [2.45, 2.75) is 11.8 Å². The van der Waals surface area contributed by atoms with Gasteiger partial charge in [0.05, 0.1) is 5.56 Å². The van der Waals surface area contributed by atoms with Gasteiger partial charge in [-0.2, -0.15) is 0 Å². The molecule has 2 N–H and O–H groups in total. The van der Waals surface area contributed by atoms with E-state index in [0.717, 1.165) is 0 Å². The molecule has 0 bridgehead atoms. The number of aromatic carboxylic acids is 1. The first kappa shape index (κ1) is 15.0. The molecule has 0 amide bonds. The minimum absolute atomic E-state index is 0.0199. The standard InChI is InChI=1S/C14H11N3O5S/c1-8-5-6-9(7-10(8)14(18)19)17-23(20,21)12-4-2-3-11-13(12)16-22-15-11/h2-7,17H,1H3,(H,18,19). The second-order valence-electron chi connectivity index (χ2n) is 4.83. The minimum atomic E-state index is -3.97. The van der Waals surface area contributed by atoms with Crippen molar-refractivity contribution in [2.75, 3.05) is 4.72 Å². The summed E-state index contributed by atoms with van der Waals surface area (Å²) < 4.78 is 31.9. The number of aryl methyl sites for hydroxylation is 1. The van der Waals surface area contributed by atoms with E-state index in [9.17, 15) is 13.2 Å². The van der Waals surface area contributed by atoms with E-state index in [-0.39, 0.29) is 21.7 Å². The zero-order valence-electron chi connectivity index (χ0n) is 11.8. The van der Waals surface area contributed by atoms with E-state index in [4.69, 9.17) is 5.11 Å². The summed E-state index contributed by atoms with van der Waals surface area (Å²) in [5.41, 5.74) is 1.10. The molecular formula is C14H11N3O5S. The number of anilines is 1. The summed E-state index contributed by atoms with van der Waals surface area (Å²) in [6, 6.07) is 8.72. The monoisotopic (exact) mass is 333 g/mol. The van der Waals surface area contributed by atoms with Gasteiger partial charge in [0, 0.05) is 5.69 Å². The molecule has 0 aliphatic heterocycles. The summed E-state index contributed by atoms with van der Waals surface area (Å²) in [6.07, 6.45) is 0. The van der Waals surface area contributed by atoms with Crippen LogP contribution in [0.4, 0.5) is 5.69 Å². The molecule has 118 valence electrons. The highest BCUT2D eigenvalue weighted by molar-refractivity contribution is 7.93. The lowest BCUT2D eigenvalue weighted by atomic mass is 10.1. The molecular weight excluding hydrogens is 322 g/mol. The number of hydrogen-bond acceptors (Lipinski definition) is 6. The Morgan fingerprint density at radius 2 is 2.00 bits per heavy atom. The number of carboxylic acids is 1. The van der Waals surface area contributed by atoms with E-state index in [2.05, 4.69) is 19.7 Å². The Kier molecular flexibility index (Phi) is 3.49. The summed E-state index contributed by atoms with van der Waals surface area (Å²) in [6.45, 7) is 1.63. The molecule has 3 aromatic rings. The van der Waals surface area contributed by atoms with Gasteiger partial charge in [0.15, 0.2) is 5.52 Å². The Morgan fingerprint density at radius 1 is 1.22 bits per heavy atom. The van der Waals surface area contributed by atoms with E-state index >= 15 is 0 Å². The van der Waals surface area contributed by atoms with Crippen LogP contribution in [-0.4, -0.2) is 29.8 Å². The first-order valence-corrected chi connectivity index (χ1v) is 7.95. The van der Waals surface area contributed by atoms with Gasteiger partial charge in [-0.3, -0.25) is 4.72 Å². The Balaban J connectivity index is 2.04. The van der Waals surface area contributed by atoms with Gasteiger partial charge in [-0.05, 0) is 47.1 Å². The molecule has 0 saturated carbocycles. The number of carboxylic acid groups (broad SMARTS) is 1. The molecule has 1 heterocycles. The van der Waals surface area contributed by atoms with Gasteiger partial charge in [-0.15, -0.1) is 0 Å². The molecule has 3 rings (SSSR count). The molecule has 0 unspecified atom stereocenters. The number of aromatic nitrogens is 2. The van der Waals surface area contributed by atoms with Crippen LogP contribution in [0.15, 0.2) is 45.9 Å². The number of hydrogen-bond donors (Lipinski definition) is 2. The van der Waals surface area contributed by atoms with Crippen LogP contribution in [0.2, 0.25) is 0 Å². The van der Waals surface area contributed by atoms with Gasteiger partial charge in [-0.1, -0.05) is 12.1 Å². The van der Waals surface area contributed by atoms with E-state index in [1.807, 2.05) is 0 Å². The van der Waals surface area contributed by atoms with Crippen molar-refractivity contribution in [1.29, 1.82) is 0 Å². The van der Waals surface area contributed by atoms with Crippen LogP contribution in [-0.2, 0) is 10.0 Å². The lowest BCUT2D eigenvalue weighted by Crippen LogP contribution is -2.14. The van der Waals surface area contributed by atoms with Crippen molar-refractivity contribution >= 4 is 32.7 Å². The van der Waals surface area contributed by atoms with E-state index < -0.39 is 16.0 Å². The highest BCUT2D eigenvalue weighted by atomic mass is 32.2. The molecule has 0 aliphatic carbocycles. The number of rotatable bonds is 4. The predicted octanol–water partition coefficient (Wildman–Crippen LogP) is 2.03. The van der Waals surface area contributed by atoms with Crippen molar-refractivity contribution in [1.82, 2.24) is 10.3 Å². The maximum atomic E-state index is 12.5. The third-order valence-corrected chi connectivity index (χ3v) is 4.67. The quantitative estimate of drug-likeness (QED) is 0.749. The van der Waals surface area contributed by atoms with Crippen LogP contribution >= 0.6 is 0 Å². The Morgan fingerprint density at radius 3 is 2.74 bits per heavy atom. The zero-order valence-corrected chi connectivity index (χ0v) is 12.7. The van der Waals surface area contributed by atoms with Crippen LogP contribution in [0.5, 0.6) is 0 Å². The summed E-state index contributed by atoms with van der Waals surface area (Å²) in [7, 11) is -3.97. The molecule has 0 aliphatic rings. The van der Waals surface area contributed by atoms with Crippen molar-refractivity contribution in [3.8, 4) is 0 Å². The lowest BCUT2D eigenvalue weighted by molar-refractivity contribution is 0.0696. The topological polar surface area (TPSA) is 122 Å². The Labute approximate surface area is 130 Å². The second-order valence-corrected chi connectivity index (χ2v) is 6.48. The van der Waals surface area contributed by atoms with Gasteiger partial charge in [0.2, 0.25) is 0 Å². The Hall–Kier alpha value is -2.94. The molecule has 0 spiro atoms. The van der Waals surface area contributed by atoms with E-state index in [0.29, 0.717) is 11.1 Å². The third kappa shape index (κ3) is 2.73. The fourth-order valence-corrected chi connectivity index (χ4v) is 3.33. The van der Waals surface area contributed by atoms with Crippen LogP contribution < -0.4 is 4.72 Å². The number of fused-ring (bicyclic) bond motifs is 1. The number of carbonyl (C=O) groups is 1. The van der Waals surface area contributed by atoms with Crippen molar-refractivity contribution < 1.29 is 22.9 Å². The van der Waals surface area contributed by atoms with Crippen LogP contribution in [0, 0.1) is 6.92 Å². The second kappa shape index (κ2) is 5.36. The molecule has 0 radical (unpaired) electrons. The summed E-state index contributed by atoms with van der Waals surface area (Å²) >= 11 is 0. The average molecular weight is 333 g/mol. The first-order valence-electron chi connectivity index (χ1n) is 6.46. The summed E-state index contributed by atoms with van der Waals surface area (Å²) in [5, 5.41) is 16.3. The molecule has 0 saturated heterocycles. The molecule has 9 heteroatoms. The van der Waals surface area contributed by atoms with Crippen molar-refractivity contribution in [3.05, 3.63) is 47.5 Å². The predicted molar refractivity (Wildman–Crippen MR) is 80.8 cm³/mol. The SMILES string of the molecule is Cc1ccc(NS(=O)(=O)c2cccc3nonc23)cc1C(=O)O. The van der Waals surface area contributed by atoms with Crippen LogP contribution in [0.1, 0.15) is 15.9 Å². The molecule has 0 fully saturated rings. The normalized spacial score (nSPS) is 11.5. The number of nitrogens with zero attached hydrogens (tertiary/aromatic N) is 2. The van der Waals surface area contributed by atoms with E-state index in [1.54, 1.807) is 13.0 Å². The van der Waals surface area contributed by atoms with Gasteiger partial charge >= 0.3 is 5.97 Å². The number of nitrogens with one attached hydrogen (secondary N) is 1. The third-order valence-electron chi connectivity index (χ3n) is 3.26. The van der Waals surface area contributed by atoms with Crippen LogP contribution in [0.3, 0.4) is 0 Å². The lowest BCUT2D eigenvalue weighted by Gasteiger charge is -2.10. The Bertz CT molecular complexity index is 1010. The highest BCUT2D eigenvalue weighted by Gasteiger charge is 2.21. The molecule has 2 aromatic carbocycles. The van der Waals surface area contributed by atoms with Crippen molar-refractivity contribution in [2.24, 2.45) is 0 Å². The molecule has 23 heavy (non-hydrogen) atoms. The van der Waals surface area contributed by atoms with Crippen LogP contribution in [0.25, 0.3) is 11.0 Å². The van der Waals surface area contributed by atoms with Gasteiger partial charge in [0.1, 0.15) is 10.4 Å². The number of sulfonamides is 1. The fourth-order valence-electron chi connectivity index (χ4n) is 2.12. The van der Waals surface area contributed by atoms with Gasteiger partial charge in [-0.25, -0.2) is 17.8 Å². The summed E-state index contributed by atoms with van der Waals surface area (Å²) in [5.74, 6) is -1.13. The summed E-state index contributed by atoms with van der Waals surface area (Å²) in [4.78, 5) is 11.0. The van der Waals surface area contributed by atoms with Gasteiger partial charge < -0.3 is 5.11 Å². The highest BCUT2D eigenvalue weighted by Crippen LogP contribution is 2.23. The van der Waals surface area contributed by atoms with Gasteiger partial charge in [0.25, 0.3) is 10.0 Å². The van der Waals surface area contributed by atoms with Crippen molar-refractivity contribution in [3.63, 3.8) is 0 Å². The maximum Gasteiger partial charge on any atom is 0.336 e. The largest absolute Gasteiger partial charge is 0.478 e. The van der Waals surface area contributed by atoms with E-state index in [1.165, 1.54) is 30.3 Å². The molecule has 1 aromatic heterocycles. The smallest absolute Gasteiger partial charge is 0.336 e. The number of benzene rings is 2. The first-order chi connectivity index (χ1) is 10.9. The molecule has 0 atom stereocenters.